The lowest BCUT2D eigenvalue weighted by atomic mass is 10.1. The second-order valence-corrected chi connectivity index (χ2v) is 3.41. The van der Waals surface area contributed by atoms with Crippen LogP contribution in [0.4, 0.5) is 13.2 Å². The van der Waals surface area contributed by atoms with Gasteiger partial charge in [-0.2, -0.15) is 13.2 Å². The zero-order chi connectivity index (χ0) is 9.35. The first-order valence-electron chi connectivity index (χ1n) is 3.33. The van der Waals surface area contributed by atoms with Gasteiger partial charge in [-0.05, 0) is 23.9 Å². The molecule has 0 aliphatic carbocycles. The summed E-state index contributed by atoms with van der Waals surface area (Å²) in [6, 6.07) is 0.853. The average Bonchev–Trinajstić information content (AvgIpc) is 2.30. The van der Waals surface area contributed by atoms with Crippen LogP contribution in [-0.2, 0) is 6.18 Å². The van der Waals surface area contributed by atoms with E-state index < -0.39 is 17.1 Å². The third-order valence-electron chi connectivity index (χ3n) is 1.44. The Morgan fingerprint density at radius 2 is 2.08 bits per heavy atom. The highest BCUT2D eigenvalue weighted by Crippen LogP contribution is 2.37. The fourth-order valence-electron chi connectivity index (χ4n) is 0.908. The predicted octanol–water partition coefficient (Wildman–Crippen LogP) is 2.79. The summed E-state index contributed by atoms with van der Waals surface area (Å²) in [5, 5.41) is 1.40. The normalized spacial score (nSPS) is 14.8. The van der Waals surface area contributed by atoms with Gasteiger partial charge in [0.1, 0.15) is 4.88 Å². The van der Waals surface area contributed by atoms with Gasteiger partial charge in [-0.3, -0.25) is 0 Å². The molecule has 0 saturated carbocycles. The molecular formula is C7H8F3NS. The van der Waals surface area contributed by atoms with Crippen LogP contribution < -0.4 is 5.73 Å². The average molecular weight is 195 g/mol. The highest BCUT2D eigenvalue weighted by atomic mass is 32.1. The largest absolute Gasteiger partial charge is 0.425 e. The van der Waals surface area contributed by atoms with E-state index in [0.717, 1.165) is 0 Å². The molecule has 0 aliphatic rings. The number of alkyl halides is 3. The Kier molecular flexibility index (Phi) is 2.44. The lowest BCUT2D eigenvalue weighted by Crippen LogP contribution is -2.11. The van der Waals surface area contributed by atoms with Crippen LogP contribution in [0.3, 0.4) is 0 Å². The molecule has 1 atom stereocenters. The molecule has 12 heavy (non-hydrogen) atoms. The van der Waals surface area contributed by atoms with Crippen molar-refractivity contribution in [3.8, 4) is 0 Å². The summed E-state index contributed by atoms with van der Waals surface area (Å²) in [6.07, 6.45) is -4.27. The van der Waals surface area contributed by atoms with E-state index in [2.05, 4.69) is 0 Å². The molecule has 0 aromatic carbocycles. The van der Waals surface area contributed by atoms with E-state index in [1.807, 2.05) is 0 Å². The van der Waals surface area contributed by atoms with E-state index in [1.165, 1.54) is 18.4 Å². The zero-order valence-electron chi connectivity index (χ0n) is 6.35. The fraction of sp³-hybridized carbons (Fsp3) is 0.429. The Morgan fingerprint density at radius 1 is 1.50 bits per heavy atom. The van der Waals surface area contributed by atoms with Gasteiger partial charge in [-0.1, -0.05) is 0 Å². The quantitative estimate of drug-likeness (QED) is 0.732. The monoisotopic (exact) mass is 195 g/mol. The molecule has 1 heterocycles. The van der Waals surface area contributed by atoms with E-state index in [0.29, 0.717) is 11.3 Å². The first-order chi connectivity index (χ1) is 5.43. The molecule has 0 bridgehead atoms. The summed E-state index contributed by atoms with van der Waals surface area (Å²) in [5.74, 6) is 0. The highest BCUT2D eigenvalue weighted by molar-refractivity contribution is 7.10. The van der Waals surface area contributed by atoms with E-state index in [9.17, 15) is 13.2 Å². The number of thiophene rings is 1. The van der Waals surface area contributed by atoms with Crippen LogP contribution in [0.25, 0.3) is 0 Å². The van der Waals surface area contributed by atoms with Crippen molar-refractivity contribution in [1.82, 2.24) is 0 Å². The van der Waals surface area contributed by atoms with Gasteiger partial charge >= 0.3 is 6.18 Å². The van der Waals surface area contributed by atoms with Crippen molar-refractivity contribution < 1.29 is 13.2 Å². The third kappa shape index (κ3) is 1.78. The summed E-state index contributed by atoms with van der Waals surface area (Å²) in [4.78, 5) is -0.586. The van der Waals surface area contributed by atoms with E-state index in [1.54, 1.807) is 0 Å². The molecule has 0 aliphatic heterocycles. The minimum atomic E-state index is -4.27. The first-order valence-corrected chi connectivity index (χ1v) is 4.21. The lowest BCUT2D eigenvalue weighted by Gasteiger charge is -2.09. The lowest BCUT2D eigenvalue weighted by molar-refractivity contribution is -0.135. The maximum absolute atomic E-state index is 12.2. The number of hydrogen-bond acceptors (Lipinski definition) is 2. The van der Waals surface area contributed by atoms with Crippen molar-refractivity contribution in [2.24, 2.45) is 5.73 Å². The molecule has 0 saturated heterocycles. The van der Waals surface area contributed by atoms with E-state index in [-0.39, 0.29) is 5.56 Å². The maximum atomic E-state index is 12.2. The molecule has 5 heteroatoms. The van der Waals surface area contributed by atoms with Crippen molar-refractivity contribution in [3.63, 3.8) is 0 Å². The fourth-order valence-corrected chi connectivity index (χ4v) is 1.78. The standard InChI is InChI=1S/C7H8F3NS/c1-4(11)5-2-3-12-6(5)7(8,9)10/h2-4H,11H2,1H3. The van der Waals surface area contributed by atoms with Crippen LogP contribution in [0.5, 0.6) is 0 Å². The van der Waals surface area contributed by atoms with Gasteiger partial charge in [0, 0.05) is 6.04 Å². The minimum Gasteiger partial charge on any atom is -0.324 e. The Labute approximate surface area is 72.0 Å². The van der Waals surface area contributed by atoms with Gasteiger partial charge in [-0.15, -0.1) is 11.3 Å². The summed E-state index contributed by atoms with van der Waals surface area (Å²) in [6.45, 7) is 1.54. The van der Waals surface area contributed by atoms with Crippen LogP contribution in [0.1, 0.15) is 23.4 Å². The number of nitrogens with two attached hydrogens (primary N) is 1. The molecule has 1 unspecified atom stereocenters. The van der Waals surface area contributed by atoms with Crippen LogP contribution in [-0.4, -0.2) is 0 Å². The van der Waals surface area contributed by atoms with Crippen LogP contribution in [0, 0.1) is 0 Å². The molecule has 0 amide bonds. The summed E-state index contributed by atoms with van der Waals surface area (Å²) in [7, 11) is 0. The van der Waals surface area contributed by atoms with Gasteiger partial charge in [-0.25, -0.2) is 0 Å². The highest BCUT2D eigenvalue weighted by Gasteiger charge is 2.35. The molecule has 0 fully saturated rings. The van der Waals surface area contributed by atoms with Crippen molar-refractivity contribution in [1.29, 1.82) is 0 Å². The van der Waals surface area contributed by atoms with Crippen LogP contribution in [0.2, 0.25) is 0 Å². The smallest absolute Gasteiger partial charge is 0.324 e. The molecule has 0 spiro atoms. The zero-order valence-corrected chi connectivity index (χ0v) is 7.17. The van der Waals surface area contributed by atoms with Crippen molar-refractivity contribution in [2.75, 3.05) is 0 Å². The van der Waals surface area contributed by atoms with Gasteiger partial charge in [0.25, 0.3) is 0 Å². The Morgan fingerprint density at radius 3 is 2.42 bits per heavy atom. The Hall–Kier alpha value is -0.550. The van der Waals surface area contributed by atoms with Crippen LogP contribution in [0.15, 0.2) is 11.4 Å². The Bertz CT molecular complexity index is 264. The van der Waals surface area contributed by atoms with Crippen molar-refractivity contribution in [3.05, 3.63) is 21.9 Å². The second-order valence-electron chi connectivity index (χ2n) is 2.49. The Balaban J connectivity index is 3.08. The molecular weight excluding hydrogens is 187 g/mol. The topological polar surface area (TPSA) is 26.0 Å². The van der Waals surface area contributed by atoms with E-state index >= 15 is 0 Å². The molecule has 1 nitrogen and oxygen atoms in total. The number of halogens is 3. The summed E-state index contributed by atoms with van der Waals surface area (Å²) >= 11 is 0.680. The number of rotatable bonds is 1. The van der Waals surface area contributed by atoms with Crippen molar-refractivity contribution >= 4 is 11.3 Å². The predicted molar refractivity (Wildman–Crippen MR) is 41.9 cm³/mol. The van der Waals surface area contributed by atoms with Gasteiger partial charge in [0.05, 0.1) is 0 Å². The summed E-state index contributed by atoms with van der Waals surface area (Å²) < 4.78 is 36.6. The third-order valence-corrected chi connectivity index (χ3v) is 2.42. The molecule has 1 rings (SSSR count). The summed E-state index contributed by atoms with van der Waals surface area (Å²) in [5.41, 5.74) is 5.54. The van der Waals surface area contributed by atoms with E-state index in [4.69, 9.17) is 5.73 Å². The SMILES string of the molecule is CC(N)c1ccsc1C(F)(F)F. The van der Waals surface area contributed by atoms with Crippen LogP contribution >= 0.6 is 11.3 Å². The minimum absolute atomic E-state index is 0.174. The molecule has 0 radical (unpaired) electrons. The first kappa shape index (κ1) is 9.54. The molecule has 2 N–H and O–H groups in total. The van der Waals surface area contributed by atoms with Gasteiger partial charge in [0.15, 0.2) is 0 Å². The molecule has 1 aromatic heterocycles. The van der Waals surface area contributed by atoms with Gasteiger partial charge in [0.2, 0.25) is 0 Å². The number of hydrogen-bond donors (Lipinski definition) is 1. The molecule has 68 valence electrons. The maximum Gasteiger partial charge on any atom is 0.425 e. The van der Waals surface area contributed by atoms with Crippen molar-refractivity contribution in [2.45, 2.75) is 19.1 Å². The second kappa shape index (κ2) is 3.06. The van der Waals surface area contributed by atoms with Gasteiger partial charge < -0.3 is 5.73 Å². The molecule has 1 aromatic rings.